The van der Waals surface area contributed by atoms with E-state index in [4.69, 9.17) is 17.2 Å². The quantitative estimate of drug-likeness (QED) is 0.582. The second kappa shape index (κ2) is 5.99. The lowest BCUT2D eigenvalue weighted by molar-refractivity contribution is 0.886. The molecule has 0 aliphatic rings. The zero-order valence-electron chi connectivity index (χ0n) is 7.99. The van der Waals surface area contributed by atoms with Gasteiger partial charge in [0, 0.05) is 0 Å². The molecule has 1 aromatic heterocycles. The lowest BCUT2D eigenvalue weighted by Gasteiger charge is -1.93. The Morgan fingerprint density at radius 3 is 1.15 bits per heavy atom. The van der Waals surface area contributed by atoms with E-state index >= 15 is 0 Å². The standard InChI is InChI=1S/C4H10.C3H6N6/c1-3-4-2;4-1-7-2(5)9-3(6)8-1/h3-4H2,1-2H3;(H6,4,5,6,7,8,9). The summed E-state index contributed by atoms with van der Waals surface area (Å²) in [7, 11) is 0. The first kappa shape index (κ1) is 11.4. The highest BCUT2D eigenvalue weighted by molar-refractivity contribution is 5.33. The molecule has 6 N–H and O–H groups in total. The SMILES string of the molecule is CCCC.Nc1nc(N)nc(N)n1. The van der Waals surface area contributed by atoms with Crippen molar-refractivity contribution in [3.05, 3.63) is 0 Å². The van der Waals surface area contributed by atoms with Gasteiger partial charge in [-0.3, -0.25) is 0 Å². The summed E-state index contributed by atoms with van der Waals surface area (Å²) in [6.45, 7) is 4.36. The van der Waals surface area contributed by atoms with Crippen LogP contribution in [-0.4, -0.2) is 15.0 Å². The average Bonchev–Trinajstić information content (AvgIpc) is 2.02. The van der Waals surface area contributed by atoms with E-state index in [1.165, 1.54) is 12.8 Å². The van der Waals surface area contributed by atoms with Crippen molar-refractivity contribution in [2.45, 2.75) is 26.7 Å². The molecule has 6 heteroatoms. The number of rotatable bonds is 1. The summed E-state index contributed by atoms with van der Waals surface area (Å²) >= 11 is 0. The van der Waals surface area contributed by atoms with Crippen LogP contribution < -0.4 is 17.2 Å². The first-order chi connectivity index (χ1) is 6.10. The van der Waals surface area contributed by atoms with Crippen LogP contribution in [-0.2, 0) is 0 Å². The van der Waals surface area contributed by atoms with Crippen LogP contribution in [0.2, 0.25) is 0 Å². The fraction of sp³-hybridized carbons (Fsp3) is 0.571. The fourth-order valence-electron chi connectivity index (χ4n) is 0.427. The predicted molar refractivity (Wildman–Crippen MR) is 53.6 cm³/mol. The smallest absolute Gasteiger partial charge is 0.226 e. The molecule has 0 spiro atoms. The van der Waals surface area contributed by atoms with E-state index in [0.717, 1.165) is 0 Å². The van der Waals surface area contributed by atoms with Crippen LogP contribution in [0.4, 0.5) is 17.8 Å². The molecule has 0 amide bonds. The van der Waals surface area contributed by atoms with Gasteiger partial charge in [-0.05, 0) is 0 Å². The maximum Gasteiger partial charge on any atom is 0.226 e. The minimum Gasteiger partial charge on any atom is -0.368 e. The summed E-state index contributed by atoms with van der Waals surface area (Å²) in [6, 6.07) is 0. The summed E-state index contributed by atoms with van der Waals surface area (Å²) in [5.74, 6) is 0.125. The second-order valence-electron chi connectivity index (χ2n) is 2.41. The Balaban J connectivity index is 0.000000310. The number of unbranched alkanes of at least 4 members (excludes halogenated alkanes) is 1. The third-order valence-corrected chi connectivity index (χ3v) is 1.19. The largest absolute Gasteiger partial charge is 0.368 e. The number of anilines is 3. The Labute approximate surface area is 77.6 Å². The summed E-state index contributed by atoms with van der Waals surface area (Å²) in [5, 5.41) is 0. The van der Waals surface area contributed by atoms with Gasteiger partial charge in [0.2, 0.25) is 17.8 Å². The Morgan fingerprint density at radius 2 is 1.00 bits per heavy atom. The third kappa shape index (κ3) is 5.66. The van der Waals surface area contributed by atoms with Gasteiger partial charge >= 0.3 is 0 Å². The maximum absolute atomic E-state index is 5.14. The molecule has 0 bridgehead atoms. The molecule has 1 rings (SSSR count). The summed E-state index contributed by atoms with van der Waals surface area (Å²) < 4.78 is 0. The highest BCUT2D eigenvalue weighted by Crippen LogP contribution is 1.97. The average molecular weight is 184 g/mol. The van der Waals surface area contributed by atoms with Gasteiger partial charge in [-0.15, -0.1) is 0 Å². The van der Waals surface area contributed by atoms with E-state index in [2.05, 4.69) is 28.8 Å². The normalized spacial score (nSPS) is 8.77. The van der Waals surface area contributed by atoms with Crippen LogP contribution in [0, 0.1) is 0 Å². The topological polar surface area (TPSA) is 117 Å². The van der Waals surface area contributed by atoms with Gasteiger partial charge in [0.1, 0.15) is 0 Å². The minimum absolute atomic E-state index is 0.0417. The van der Waals surface area contributed by atoms with E-state index in [-0.39, 0.29) is 17.8 Å². The Morgan fingerprint density at radius 1 is 0.769 bits per heavy atom. The molecule has 13 heavy (non-hydrogen) atoms. The van der Waals surface area contributed by atoms with E-state index < -0.39 is 0 Å². The van der Waals surface area contributed by atoms with Crippen LogP contribution in [0.15, 0.2) is 0 Å². The molecule has 0 fully saturated rings. The number of nitrogen functional groups attached to an aromatic ring is 3. The monoisotopic (exact) mass is 184 g/mol. The van der Waals surface area contributed by atoms with Gasteiger partial charge in [-0.2, -0.15) is 15.0 Å². The van der Waals surface area contributed by atoms with Crippen LogP contribution in [0.3, 0.4) is 0 Å². The minimum atomic E-state index is 0.0417. The summed E-state index contributed by atoms with van der Waals surface area (Å²) in [4.78, 5) is 10.5. The number of hydrogen-bond acceptors (Lipinski definition) is 6. The molecule has 0 radical (unpaired) electrons. The second-order valence-corrected chi connectivity index (χ2v) is 2.41. The molecule has 0 aliphatic heterocycles. The molecule has 0 saturated heterocycles. The number of aromatic nitrogens is 3. The Bertz CT molecular complexity index is 196. The highest BCUT2D eigenvalue weighted by Gasteiger charge is 1.93. The molecule has 1 heterocycles. The molecule has 0 atom stereocenters. The fourth-order valence-corrected chi connectivity index (χ4v) is 0.427. The van der Waals surface area contributed by atoms with Crippen molar-refractivity contribution < 1.29 is 0 Å². The van der Waals surface area contributed by atoms with Crippen molar-refractivity contribution >= 4 is 17.8 Å². The van der Waals surface area contributed by atoms with E-state index in [1.54, 1.807) is 0 Å². The highest BCUT2D eigenvalue weighted by atomic mass is 15.2. The Kier molecular flexibility index (Phi) is 5.25. The third-order valence-electron chi connectivity index (χ3n) is 1.19. The van der Waals surface area contributed by atoms with Gasteiger partial charge in [0.05, 0.1) is 0 Å². The molecule has 0 unspecified atom stereocenters. The van der Waals surface area contributed by atoms with E-state index in [9.17, 15) is 0 Å². The first-order valence-electron chi connectivity index (χ1n) is 4.12. The zero-order valence-corrected chi connectivity index (χ0v) is 7.99. The van der Waals surface area contributed by atoms with Crippen molar-refractivity contribution in [2.24, 2.45) is 0 Å². The van der Waals surface area contributed by atoms with Gasteiger partial charge in [0.15, 0.2) is 0 Å². The number of hydrogen-bond donors (Lipinski definition) is 3. The Hall–Kier alpha value is -1.59. The van der Waals surface area contributed by atoms with Crippen molar-refractivity contribution in [3.8, 4) is 0 Å². The molecular weight excluding hydrogens is 168 g/mol. The maximum atomic E-state index is 5.14. The molecule has 0 saturated carbocycles. The molecule has 1 aromatic rings. The first-order valence-corrected chi connectivity index (χ1v) is 4.12. The molecule has 0 aromatic carbocycles. The van der Waals surface area contributed by atoms with Crippen LogP contribution in [0.5, 0.6) is 0 Å². The lowest BCUT2D eigenvalue weighted by Crippen LogP contribution is -2.05. The lowest BCUT2D eigenvalue weighted by atomic mass is 10.4. The van der Waals surface area contributed by atoms with Crippen LogP contribution >= 0.6 is 0 Å². The van der Waals surface area contributed by atoms with Crippen molar-refractivity contribution in [1.29, 1.82) is 0 Å². The molecule has 74 valence electrons. The van der Waals surface area contributed by atoms with Crippen molar-refractivity contribution in [3.63, 3.8) is 0 Å². The van der Waals surface area contributed by atoms with Gasteiger partial charge in [-0.25, -0.2) is 0 Å². The summed E-state index contributed by atoms with van der Waals surface area (Å²) in [6.07, 6.45) is 2.64. The van der Waals surface area contributed by atoms with E-state index in [1.807, 2.05) is 0 Å². The predicted octanol–water partition coefficient (Wildman–Crippen LogP) is 0.425. The summed E-state index contributed by atoms with van der Waals surface area (Å²) in [5.41, 5.74) is 15.4. The molecular formula is C7H16N6. The van der Waals surface area contributed by atoms with Gasteiger partial charge in [-0.1, -0.05) is 26.7 Å². The molecule has 6 nitrogen and oxygen atoms in total. The van der Waals surface area contributed by atoms with Gasteiger partial charge < -0.3 is 17.2 Å². The van der Waals surface area contributed by atoms with Crippen molar-refractivity contribution in [2.75, 3.05) is 17.2 Å². The van der Waals surface area contributed by atoms with Crippen LogP contribution in [0.25, 0.3) is 0 Å². The number of nitrogens with zero attached hydrogens (tertiary/aromatic N) is 3. The van der Waals surface area contributed by atoms with Gasteiger partial charge in [0.25, 0.3) is 0 Å². The van der Waals surface area contributed by atoms with Crippen LogP contribution in [0.1, 0.15) is 26.7 Å². The van der Waals surface area contributed by atoms with Crippen molar-refractivity contribution in [1.82, 2.24) is 15.0 Å². The van der Waals surface area contributed by atoms with E-state index in [0.29, 0.717) is 0 Å². The zero-order chi connectivity index (χ0) is 10.3. The molecule has 0 aliphatic carbocycles. The number of nitrogens with two attached hydrogens (primary N) is 3.